The molecular weight excluding hydrogens is 340 g/mol. The van der Waals surface area contributed by atoms with Crippen molar-refractivity contribution < 1.29 is 4.52 Å². The summed E-state index contributed by atoms with van der Waals surface area (Å²) in [5.74, 6) is -0.179. The van der Waals surface area contributed by atoms with Gasteiger partial charge in [-0.2, -0.15) is 0 Å². The van der Waals surface area contributed by atoms with Crippen LogP contribution in [0.3, 0.4) is 0 Å². The molecule has 0 aliphatic heterocycles. The molecule has 2 aromatic heterocycles. The number of rotatable bonds is 3. The lowest BCUT2D eigenvalue weighted by atomic mass is 10.1. The molecule has 3 aromatic carbocycles. The predicted octanol–water partition coefficient (Wildman–Crippen LogP) is 4.04. The van der Waals surface area contributed by atoms with Crippen LogP contribution in [-0.2, 0) is 0 Å². The number of H-pyrrole nitrogens is 1. The fraction of sp³-hybridized carbons (Fsp3) is 0. The second-order valence-electron chi connectivity index (χ2n) is 6.18. The zero-order valence-electron chi connectivity index (χ0n) is 14.2. The first kappa shape index (κ1) is 15.3. The Bertz CT molecular complexity index is 1300. The molecule has 0 aliphatic carbocycles. The SMILES string of the molecule is O=c1[nH]c(-c2ccc3ncn(-c4cccc(-c5ccccc5)c4)c3c2)no1. The third-order valence-corrected chi connectivity index (χ3v) is 4.49. The number of nitrogens with zero attached hydrogens (tertiary/aromatic N) is 3. The van der Waals surface area contributed by atoms with Crippen LogP contribution in [0, 0.1) is 0 Å². The van der Waals surface area contributed by atoms with Crippen molar-refractivity contribution in [1.29, 1.82) is 0 Å². The van der Waals surface area contributed by atoms with E-state index in [1.165, 1.54) is 0 Å². The summed E-state index contributed by atoms with van der Waals surface area (Å²) in [5.41, 5.74) is 5.83. The maximum Gasteiger partial charge on any atom is 0.439 e. The highest BCUT2D eigenvalue weighted by Crippen LogP contribution is 2.26. The molecule has 0 saturated heterocycles. The highest BCUT2D eigenvalue weighted by Gasteiger charge is 2.10. The van der Waals surface area contributed by atoms with E-state index >= 15 is 0 Å². The van der Waals surface area contributed by atoms with E-state index in [2.05, 4.69) is 43.9 Å². The number of hydrogen-bond donors (Lipinski definition) is 1. The van der Waals surface area contributed by atoms with Crippen LogP contribution in [0.25, 0.3) is 39.2 Å². The van der Waals surface area contributed by atoms with E-state index in [1.807, 2.05) is 53.1 Å². The van der Waals surface area contributed by atoms with Crippen molar-refractivity contribution in [3.63, 3.8) is 0 Å². The van der Waals surface area contributed by atoms with Crippen LogP contribution in [0.2, 0.25) is 0 Å². The molecule has 130 valence electrons. The molecule has 0 atom stereocenters. The molecule has 0 amide bonds. The number of imidazole rings is 1. The van der Waals surface area contributed by atoms with Crippen LogP contribution in [0.5, 0.6) is 0 Å². The Morgan fingerprint density at radius 2 is 1.70 bits per heavy atom. The number of aromatic amines is 1. The van der Waals surface area contributed by atoms with Crippen molar-refractivity contribution in [2.75, 3.05) is 0 Å². The van der Waals surface area contributed by atoms with E-state index in [0.717, 1.165) is 33.4 Å². The maximum absolute atomic E-state index is 11.2. The molecule has 0 aliphatic rings. The van der Waals surface area contributed by atoms with E-state index in [1.54, 1.807) is 6.33 Å². The number of fused-ring (bicyclic) bond motifs is 1. The zero-order chi connectivity index (χ0) is 18.2. The van der Waals surface area contributed by atoms with Gasteiger partial charge in [0.05, 0.1) is 11.0 Å². The summed E-state index contributed by atoms with van der Waals surface area (Å²) in [7, 11) is 0. The Kier molecular flexibility index (Phi) is 3.47. The molecule has 6 heteroatoms. The number of benzene rings is 3. The summed E-state index contributed by atoms with van der Waals surface area (Å²) in [6.07, 6.45) is 1.80. The monoisotopic (exact) mass is 354 g/mol. The molecule has 1 N–H and O–H groups in total. The Morgan fingerprint density at radius 3 is 2.52 bits per heavy atom. The molecule has 0 bridgehead atoms. The standard InChI is InChI=1S/C21H14N4O2/c26-21-23-20(24-27-21)16-9-10-18-19(12-16)25(13-22-18)17-8-4-7-15(11-17)14-5-2-1-3-6-14/h1-13H,(H,23,24,26). The minimum absolute atomic E-state index is 0.396. The van der Waals surface area contributed by atoms with E-state index in [9.17, 15) is 4.79 Å². The van der Waals surface area contributed by atoms with Crippen molar-refractivity contribution >= 4 is 11.0 Å². The summed E-state index contributed by atoms with van der Waals surface area (Å²) < 4.78 is 6.63. The van der Waals surface area contributed by atoms with Gasteiger partial charge >= 0.3 is 5.76 Å². The van der Waals surface area contributed by atoms with Gasteiger partial charge in [-0.1, -0.05) is 47.6 Å². The lowest BCUT2D eigenvalue weighted by Gasteiger charge is -2.08. The Balaban J connectivity index is 1.64. The smallest absolute Gasteiger partial charge is 0.299 e. The fourth-order valence-electron chi connectivity index (χ4n) is 3.18. The number of hydrogen-bond acceptors (Lipinski definition) is 4. The quantitative estimate of drug-likeness (QED) is 0.530. The molecule has 6 nitrogen and oxygen atoms in total. The lowest BCUT2D eigenvalue weighted by molar-refractivity contribution is 0.388. The molecule has 0 unspecified atom stereocenters. The van der Waals surface area contributed by atoms with E-state index in [4.69, 9.17) is 0 Å². The fourth-order valence-corrected chi connectivity index (χ4v) is 3.18. The molecule has 5 rings (SSSR count). The van der Waals surface area contributed by atoms with E-state index < -0.39 is 5.76 Å². The summed E-state index contributed by atoms with van der Waals surface area (Å²) in [5, 5.41) is 3.76. The van der Waals surface area contributed by atoms with Crippen molar-refractivity contribution in [3.05, 3.63) is 89.7 Å². The Hall–Kier alpha value is -3.93. The third-order valence-electron chi connectivity index (χ3n) is 4.49. The van der Waals surface area contributed by atoms with E-state index in [0.29, 0.717) is 5.82 Å². The average molecular weight is 354 g/mol. The second kappa shape index (κ2) is 6.10. The third kappa shape index (κ3) is 2.73. The highest BCUT2D eigenvalue weighted by atomic mass is 16.5. The maximum atomic E-state index is 11.2. The van der Waals surface area contributed by atoms with Crippen LogP contribution in [-0.4, -0.2) is 19.7 Å². The van der Waals surface area contributed by atoms with Crippen LogP contribution in [0.1, 0.15) is 0 Å². The van der Waals surface area contributed by atoms with Gasteiger partial charge < -0.3 is 0 Å². The van der Waals surface area contributed by atoms with Gasteiger partial charge in [-0.25, -0.2) is 9.78 Å². The largest absolute Gasteiger partial charge is 0.439 e. The first-order chi connectivity index (χ1) is 13.3. The highest BCUT2D eigenvalue weighted by molar-refractivity contribution is 5.82. The normalized spacial score (nSPS) is 11.1. The minimum Gasteiger partial charge on any atom is -0.299 e. The summed E-state index contributed by atoms with van der Waals surface area (Å²) in [4.78, 5) is 18.3. The van der Waals surface area contributed by atoms with Crippen LogP contribution < -0.4 is 5.76 Å². The summed E-state index contributed by atoms with van der Waals surface area (Å²) in [6.45, 7) is 0. The van der Waals surface area contributed by atoms with Gasteiger partial charge in [-0.15, -0.1) is 0 Å². The zero-order valence-corrected chi connectivity index (χ0v) is 14.2. The van der Waals surface area contributed by atoms with Crippen molar-refractivity contribution in [3.8, 4) is 28.2 Å². The van der Waals surface area contributed by atoms with Crippen molar-refractivity contribution in [2.24, 2.45) is 0 Å². The first-order valence-electron chi connectivity index (χ1n) is 8.47. The molecule has 0 fully saturated rings. The van der Waals surface area contributed by atoms with Gasteiger partial charge in [0.15, 0.2) is 5.82 Å². The van der Waals surface area contributed by atoms with E-state index in [-0.39, 0.29) is 0 Å². The summed E-state index contributed by atoms with van der Waals surface area (Å²) in [6, 6.07) is 24.2. The summed E-state index contributed by atoms with van der Waals surface area (Å²) >= 11 is 0. The van der Waals surface area contributed by atoms with Gasteiger partial charge in [0.2, 0.25) is 0 Å². The molecular formula is C21H14N4O2. The molecule has 27 heavy (non-hydrogen) atoms. The number of nitrogens with one attached hydrogen (secondary N) is 1. The van der Waals surface area contributed by atoms with Gasteiger partial charge in [-0.3, -0.25) is 14.1 Å². The Morgan fingerprint density at radius 1 is 0.852 bits per heavy atom. The first-order valence-corrected chi connectivity index (χ1v) is 8.47. The van der Waals surface area contributed by atoms with Gasteiger partial charge in [-0.05, 0) is 41.5 Å². The number of aromatic nitrogens is 4. The second-order valence-corrected chi connectivity index (χ2v) is 6.18. The van der Waals surface area contributed by atoms with Crippen LogP contribution in [0.4, 0.5) is 0 Å². The molecule has 0 spiro atoms. The van der Waals surface area contributed by atoms with Crippen LogP contribution >= 0.6 is 0 Å². The average Bonchev–Trinajstić information content (AvgIpc) is 3.34. The van der Waals surface area contributed by atoms with Gasteiger partial charge in [0.1, 0.15) is 6.33 Å². The molecule has 0 saturated carbocycles. The minimum atomic E-state index is -0.575. The molecule has 0 radical (unpaired) electrons. The Labute approximate surface area is 153 Å². The predicted molar refractivity (Wildman–Crippen MR) is 103 cm³/mol. The topological polar surface area (TPSA) is 76.7 Å². The van der Waals surface area contributed by atoms with Gasteiger partial charge in [0, 0.05) is 11.3 Å². The van der Waals surface area contributed by atoms with Gasteiger partial charge in [0.25, 0.3) is 0 Å². The molecule has 5 aromatic rings. The molecule has 2 heterocycles. The van der Waals surface area contributed by atoms with Crippen molar-refractivity contribution in [2.45, 2.75) is 0 Å². The van der Waals surface area contributed by atoms with Crippen molar-refractivity contribution in [1.82, 2.24) is 19.7 Å². The van der Waals surface area contributed by atoms with Crippen LogP contribution in [0.15, 0.2) is 88.4 Å². The lowest BCUT2D eigenvalue weighted by Crippen LogP contribution is -1.95.